The van der Waals surface area contributed by atoms with Crippen molar-refractivity contribution >= 4 is 33.2 Å². The second-order valence-corrected chi connectivity index (χ2v) is 9.53. The van der Waals surface area contributed by atoms with E-state index in [1.54, 1.807) is 54.9 Å². The van der Waals surface area contributed by atoms with Crippen LogP contribution in [0, 0.1) is 13.8 Å². The van der Waals surface area contributed by atoms with Gasteiger partial charge in [0.05, 0.1) is 23.2 Å². The van der Waals surface area contributed by atoms with E-state index >= 15 is 0 Å². The van der Waals surface area contributed by atoms with E-state index in [9.17, 15) is 18.0 Å². The van der Waals surface area contributed by atoms with Gasteiger partial charge in [-0.3, -0.25) is 18.9 Å². The van der Waals surface area contributed by atoms with Gasteiger partial charge in [0.1, 0.15) is 6.54 Å². The molecule has 0 saturated carbocycles. The van der Waals surface area contributed by atoms with Gasteiger partial charge in [-0.05, 0) is 54.8 Å². The lowest BCUT2D eigenvalue weighted by molar-refractivity contribution is -0.114. The van der Waals surface area contributed by atoms with Gasteiger partial charge in [0.2, 0.25) is 15.9 Å². The minimum atomic E-state index is -3.72. The summed E-state index contributed by atoms with van der Waals surface area (Å²) in [7, 11) is -3.72. The Morgan fingerprint density at radius 3 is 2.45 bits per heavy atom. The lowest BCUT2D eigenvalue weighted by atomic mass is 10.1. The van der Waals surface area contributed by atoms with Crippen LogP contribution in [0.5, 0.6) is 0 Å². The Morgan fingerprint density at radius 2 is 1.76 bits per heavy atom. The fourth-order valence-electron chi connectivity index (χ4n) is 3.28. The Kier molecular flexibility index (Phi) is 7.44. The number of nitrogens with zero attached hydrogens (tertiary/aromatic N) is 2. The lowest BCUT2D eigenvalue weighted by Gasteiger charge is -2.24. The van der Waals surface area contributed by atoms with Crippen LogP contribution in [-0.2, 0) is 21.4 Å². The quantitative estimate of drug-likeness (QED) is 0.531. The number of nitrogens with one attached hydrogen (secondary N) is 2. The molecule has 0 radical (unpaired) electrons. The molecule has 0 fully saturated rings. The molecule has 1 heterocycles. The van der Waals surface area contributed by atoms with E-state index in [1.165, 1.54) is 0 Å². The fraction of sp³-hybridized carbons (Fsp3) is 0.208. The van der Waals surface area contributed by atoms with Crippen LogP contribution in [0.3, 0.4) is 0 Å². The molecule has 2 N–H and O–H groups in total. The summed E-state index contributed by atoms with van der Waals surface area (Å²) in [6, 6.07) is 15.5. The predicted octanol–water partition coefficient (Wildman–Crippen LogP) is 3.03. The zero-order valence-corrected chi connectivity index (χ0v) is 19.5. The van der Waals surface area contributed by atoms with E-state index in [4.69, 9.17) is 0 Å². The SMILES string of the molecule is Cc1cccc(N(CC(=O)Nc2ccccc2C(=O)NCc2cccnc2)S(C)(=O)=O)c1C. The zero-order valence-electron chi connectivity index (χ0n) is 18.7. The van der Waals surface area contributed by atoms with Crippen LogP contribution in [0.25, 0.3) is 0 Å². The maximum Gasteiger partial charge on any atom is 0.253 e. The third-order valence-corrected chi connectivity index (χ3v) is 6.28. The van der Waals surface area contributed by atoms with Crippen molar-refractivity contribution in [3.05, 3.63) is 89.2 Å². The molecule has 2 amide bonds. The third-order valence-electron chi connectivity index (χ3n) is 5.15. The Hall–Kier alpha value is -3.72. The molecule has 3 aromatic rings. The Balaban J connectivity index is 1.77. The topological polar surface area (TPSA) is 108 Å². The monoisotopic (exact) mass is 466 g/mol. The minimum absolute atomic E-state index is 0.271. The van der Waals surface area contributed by atoms with E-state index in [-0.39, 0.29) is 18.0 Å². The van der Waals surface area contributed by atoms with Gasteiger partial charge in [-0.25, -0.2) is 8.42 Å². The van der Waals surface area contributed by atoms with Crippen molar-refractivity contribution in [3.63, 3.8) is 0 Å². The van der Waals surface area contributed by atoms with Crippen molar-refractivity contribution in [1.29, 1.82) is 0 Å². The van der Waals surface area contributed by atoms with Gasteiger partial charge < -0.3 is 10.6 Å². The van der Waals surface area contributed by atoms with Gasteiger partial charge in [0, 0.05) is 18.9 Å². The Bertz CT molecular complexity index is 1260. The molecule has 9 heteroatoms. The highest BCUT2D eigenvalue weighted by Crippen LogP contribution is 2.25. The van der Waals surface area contributed by atoms with Crippen LogP contribution < -0.4 is 14.9 Å². The standard InChI is InChI=1S/C24H26N4O4S/c1-17-8-6-12-22(18(17)2)28(33(3,31)32)16-23(29)27-21-11-5-4-10-20(21)24(30)26-15-19-9-7-13-25-14-19/h4-14H,15-16H2,1-3H3,(H,26,30)(H,27,29). The van der Waals surface area contributed by atoms with Crippen LogP contribution in [0.15, 0.2) is 67.0 Å². The van der Waals surface area contributed by atoms with Gasteiger partial charge in [0.15, 0.2) is 0 Å². The van der Waals surface area contributed by atoms with E-state index in [0.29, 0.717) is 11.4 Å². The number of hydrogen-bond acceptors (Lipinski definition) is 5. The number of benzene rings is 2. The van der Waals surface area contributed by atoms with Gasteiger partial charge in [-0.1, -0.05) is 30.3 Å². The molecular formula is C24H26N4O4S. The van der Waals surface area contributed by atoms with Crippen molar-refractivity contribution in [1.82, 2.24) is 10.3 Å². The lowest BCUT2D eigenvalue weighted by Crippen LogP contribution is -2.38. The van der Waals surface area contributed by atoms with E-state index < -0.39 is 22.5 Å². The van der Waals surface area contributed by atoms with Crippen LogP contribution >= 0.6 is 0 Å². The van der Waals surface area contributed by atoms with Gasteiger partial charge in [-0.15, -0.1) is 0 Å². The van der Waals surface area contributed by atoms with Crippen molar-refractivity contribution in [2.24, 2.45) is 0 Å². The molecule has 172 valence electrons. The largest absolute Gasteiger partial charge is 0.348 e. The number of aromatic nitrogens is 1. The van der Waals surface area contributed by atoms with E-state index in [0.717, 1.165) is 27.3 Å². The number of pyridine rings is 1. The number of anilines is 2. The van der Waals surface area contributed by atoms with Crippen molar-refractivity contribution in [3.8, 4) is 0 Å². The number of carbonyl (C=O) groups excluding carboxylic acids is 2. The normalized spacial score (nSPS) is 11.0. The number of sulfonamides is 1. The highest BCUT2D eigenvalue weighted by atomic mass is 32.2. The first-order valence-corrected chi connectivity index (χ1v) is 12.1. The molecule has 0 aliphatic heterocycles. The zero-order chi connectivity index (χ0) is 24.0. The third kappa shape index (κ3) is 6.17. The molecule has 0 aliphatic rings. The summed E-state index contributed by atoms with van der Waals surface area (Å²) in [6.45, 7) is 3.54. The molecule has 0 atom stereocenters. The van der Waals surface area contributed by atoms with Crippen LogP contribution in [0.4, 0.5) is 11.4 Å². The van der Waals surface area contributed by atoms with Crippen LogP contribution in [-0.4, -0.2) is 38.0 Å². The summed E-state index contributed by atoms with van der Waals surface area (Å²) in [6.07, 6.45) is 4.36. The molecule has 33 heavy (non-hydrogen) atoms. The Labute approximate surface area is 193 Å². The molecule has 3 rings (SSSR count). The van der Waals surface area contributed by atoms with E-state index in [1.807, 2.05) is 26.0 Å². The number of hydrogen-bond donors (Lipinski definition) is 2. The van der Waals surface area contributed by atoms with Crippen molar-refractivity contribution < 1.29 is 18.0 Å². The molecule has 8 nitrogen and oxygen atoms in total. The number of carbonyl (C=O) groups is 2. The predicted molar refractivity (Wildman–Crippen MR) is 129 cm³/mol. The molecule has 0 aliphatic carbocycles. The van der Waals surface area contributed by atoms with Gasteiger partial charge in [-0.2, -0.15) is 0 Å². The van der Waals surface area contributed by atoms with Crippen molar-refractivity contribution in [2.45, 2.75) is 20.4 Å². The molecule has 1 aromatic heterocycles. The highest BCUT2D eigenvalue weighted by molar-refractivity contribution is 7.92. The second-order valence-electron chi connectivity index (χ2n) is 7.63. The molecule has 0 saturated heterocycles. The number of aryl methyl sites for hydroxylation is 1. The minimum Gasteiger partial charge on any atom is -0.348 e. The average molecular weight is 467 g/mol. The second kappa shape index (κ2) is 10.3. The van der Waals surface area contributed by atoms with Crippen LogP contribution in [0.1, 0.15) is 27.0 Å². The summed E-state index contributed by atoms with van der Waals surface area (Å²) >= 11 is 0. The number of rotatable bonds is 8. The molecule has 0 unspecified atom stereocenters. The maximum absolute atomic E-state index is 12.8. The highest BCUT2D eigenvalue weighted by Gasteiger charge is 2.23. The van der Waals surface area contributed by atoms with Crippen LogP contribution in [0.2, 0.25) is 0 Å². The Morgan fingerprint density at radius 1 is 1.00 bits per heavy atom. The summed E-state index contributed by atoms with van der Waals surface area (Å²) in [5, 5.41) is 5.47. The molecule has 2 aromatic carbocycles. The fourth-order valence-corrected chi connectivity index (χ4v) is 4.18. The van der Waals surface area contributed by atoms with Gasteiger partial charge >= 0.3 is 0 Å². The molecule has 0 bridgehead atoms. The first-order chi connectivity index (χ1) is 15.7. The smallest absolute Gasteiger partial charge is 0.253 e. The molecular weight excluding hydrogens is 440 g/mol. The number of amides is 2. The summed E-state index contributed by atoms with van der Waals surface area (Å²) in [4.78, 5) is 29.6. The van der Waals surface area contributed by atoms with E-state index in [2.05, 4.69) is 15.6 Å². The van der Waals surface area contributed by atoms with Crippen molar-refractivity contribution in [2.75, 3.05) is 22.4 Å². The maximum atomic E-state index is 12.8. The number of para-hydroxylation sites is 1. The first-order valence-electron chi connectivity index (χ1n) is 10.3. The summed E-state index contributed by atoms with van der Waals surface area (Å²) in [5.41, 5.74) is 3.52. The average Bonchev–Trinajstić information content (AvgIpc) is 2.78. The summed E-state index contributed by atoms with van der Waals surface area (Å²) < 4.78 is 26.0. The first kappa shape index (κ1) is 23.9. The summed E-state index contributed by atoms with van der Waals surface area (Å²) in [5.74, 6) is -0.932. The van der Waals surface area contributed by atoms with Gasteiger partial charge in [0.25, 0.3) is 5.91 Å². The molecule has 0 spiro atoms.